The molecule has 6 nitrogen and oxygen atoms in total. The first-order valence-electron chi connectivity index (χ1n) is 6.35. The minimum atomic E-state index is -0.106. The first-order valence-corrected chi connectivity index (χ1v) is 7.17. The summed E-state index contributed by atoms with van der Waals surface area (Å²) < 4.78 is 1.54. The van der Waals surface area contributed by atoms with E-state index in [1.807, 2.05) is 44.2 Å². The summed E-state index contributed by atoms with van der Waals surface area (Å²) in [6.07, 6.45) is 1.51. The molecule has 1 N–H and O–H groups in total. The Hall–Kier alpha value is -2.54. The largest absolute Gasteiger partial charge is 0.322 e. The Kier molecular flexibility index (Phi) is 3.49. The standard InChI is InChI=1S/C14H13N5OS/c1-9-6-13(10(2)21-9)14(20)16-11-4-3-5-12(7-11)19-8-15-17-18-19/h3-8H,1-2H3,(H,16,20). The second-order valence-corrected chi connectivity index (χ2v) is 6.05. The van der Waals surface area contributed by atoms with E-state index in [1.165, 1.54) is 11.0 Å². The van der Waals surface area contributed by atoms with Gasteiger partial charge >= 0.3 is 0 Å². The van der Waals surface area contributed by atoms with Gasteiger partial charge in [-0.1, -0.05) is 6.07 Å². The van der Waals surface area contributed by atoms with E-state index in [1.54, 1.807) is 11.3 Å². The maximum atomic E-state index is 12.3. The molecule has 0 bridgehead atoms. The molecule has 0 fully saturated rings. The number of aryl methyl sites for hydroxylation is 2. The number of aromatic nitrogens is 4. The summed E-state index contributed by atoms with van der Waals surface area (Å²) in [4.78, 5) is 14.4. The van der Waals surface area contributed by atoms with E-state index < -0.39 is 0 Å². The van der Waals surface area contributed by atoms with E-state index in [4.69, 9.17) is 0 Å². The Labute approximate surface area is 125 Å². The van der Waals surface area contributed by atoms with E-state index in [0.717, 1.165) is 15.4 Å². The molecule has 0 radical (unpaired) electrons. The molecule has 2 aromatic heterocycles. The van der Waals surface area contributed by atoms with Crippen molar-refractivity contribution in [1.82, 2.24) is 20.2 Å². The lowest BCUT2D eigenvalue weighted by Crippen LogP contribution is -2.12. The van der Waals surface area contributed by atoms with Gasteiger partial charge in [-0.15, -0.1) is 16.4 Å². The lowest BCUT2D eigenvalue weighted by molar-refractivity contribution is 0.102. The number of benzene rings is 1. The number of carbonyl (C=O) groups excluding carboxylic acids is 1. The number of tetrazole rings is 1. The van der Waals surface area contributed by atoms with Crippen LogP contribution >= 0.6 is 11.3 Å². The molecular weight excluding hydrogens is 286 g/mol. The minimum absolute atomic E-state index is 0.106. The SMILES string of the molecule is Cc1cc(C(=O)Nc2cccc(-n3cnnn3)c2)c(C)s1. The van der Waals surface area contributed by atoms with Gasteiger partial charge in [0.1, 0.15) is 6.33 Å². The van der Waals surface area contributed by atoms with Crippen molar-refractivity contribution in [3.05, 3.63) is 52.0 Å². The van der Waals surface area contributed by atoms with Crippen LogP contribution in [0.3, 0.4) is 0 Å². The van der Waals surface area contributed by atoms with Gasteiger partial charge in [0.05, 0.1) is 11.3 Å². The average molecular weight is 299 g/mol. The van der Waals surface area contributed by atoms with Gasteiger partial charge in [-0.3, -0.25) is 4.79 Å². The van der Waals surface area contributed by atoms with Crippen molar-refractivity contribution in [2.24, 2.45) is 0 Å². The zero-order valence-electron chi connectivity index (χ0n) is 11.6. The molecule has 0 unspecified atom stereocenters. The highest BCUT2D eigenvalue weighted by Gasteiger charge is 2.12. The maximum Gasteiger partial charge on any atom is 0.256 e. The molecule has 0 aliphatic carbocycles. The lowest BCUT2D eigenvalue weighted by atomic mass is 10.2. The van der Waals surface area contributed by atoms with Crippen LogP contribution in [0.25, 0.3) is 5.69 Å². The number of anilines is 1. The molecule has 21 heavy (non-hydrogen) atoms. The lowest BCUT2D eigenvalue weighted by Gasteiger charge is -2.06. The Balaban J connectivity index is 1.84. The molecule has 0 saturated heterocycles. The zero-order valence-corrected chi connectivity index (χ0v) is 12.4. The van der Waals surface area contributed by atoms with E-state index in [2.05, 4.69) is 20.8 Å². The Morgan fingerprint density at radius 1 is 1.29 bits per heavy atom. The van der Waals surface area contributed by atoms with Crippen molar-refractivity contribution in [2.75, 3.05) is 5.32 Å². The molecule has 3 aromatic rings. The van der Waals surface area contributed by atoms with Crippen LogP contribution in [0.1, 0.15) is 20.1 Å². The van der Waals surface area contributed by atoms with E-state index in [-0.39, 0.29) is 5.91 Å². The average Bonchev–Trinajstić information content (AvgIpc) is 3.08. The van der Waals surface area contributed by atoms with Gasteiger partial charge in [0, 0.05) is 15.4 Å². The smallest absolute Gasteiger partial charge is 0.256 e. The molecule has 0 aliphatic heterocycles. The summed E-state index contributed by atoms with van der Waals surface area (Å²) in [6, 6.07) is 9.27. The summed E-state index contributed by atoms with van der Waals surface area (Å²) >= 11 is 1.62. The third kappa shape index (κ3) is 2.82. The van der Waals surface area contributed by atoms with Gasteiger partial charge in [0.25, 0.3) is 5.91 Å². The van der Waals surface area contributed by atoms with Crippen LogP contribution in [-0.4, -0.2) is 26.1 Å². The van der Waals surface area contributed by atoms with Crippen molar-refractivity contribution in [2.45, 2.75) is 13.8 Å². The quantitative estimate of drug-likeness (QED) is 0.807. The third-order valence-corrected chi connectivity index (χ3v) is 3.97. The van der Waals surface area contributed by atoms with Crippen molar-refractivity contribution in [3.8, 4) is 5.69 Å². The first-order chi connectivity index (χ1) is 10.1. The fourth-order valence-electron chi connectivity index (χ4n) is 2.06. The van der Waals surface area contributed by atoms with Gasteiger partial charge < -0.3 is 5.32 Å². The highest BCUT2D eigenvalue weighted by Crippen LogP contribution is 2.22. The second-order valence-electron chi connectivity index (χ2n) is 4.59. The van der Waals surface area contributed by atoms with Crippen LogP contribution < -0.4 is 5.32 Å². The third-order valence-electron chi connectivity index (χ3n) is 3.00. The number of nitrogens with zero attached hydrogens (tertiary/aromatic N) is 4. The second kappa shape index (κ2) is 5.45. The molecule has 0 atom stereocenters. The number of thiophene rings is 1. The monoisotopic (exact) mass is 299 g/mol. The van der Waals surface area contributed by atoms with Gasteiger partial charge in [-0.25, -0.2) is 4.68 Å². The Bertz CT molecular complexity index is 779. The Morgan fingerprint density at radius 3 is 2.81 bits per heavy atom. The molecule has 0 aliphatic rings. The molecule has 0 spiro atoms. The zero-order chi connectivity index (χ0) is 14.8. The van der Waals surface area contributed by atoms with Crippen molar-refractivity contribution >= 4 is 22.9 Å². The highest BCUT2D eigenvalue weighted by molar-refractivity contribution is 7.12. The molecule has 7 heteroatoms. The van der Waals surface area contributed by atoms with Gasteiger partial charge in [-0.2, -0.15) is 0 Å². The van der Waals surface area contributed by atoms with Gasteiger partial charge in [0.2, 0.25) is 0 Å². The van der Waals surface area contributed by atoms with Crippen LogP contribution in [-0.2, 0) is 0 Å². The molecule has 3 rings (SSSR count). The molecule has 106 valence electrons. The Morgan fingerprint density at radius 2 is 2.14 bits per heavy atom. The molecule has 1 aromatic carbocycles. The van der Waals surface area contributed by atoms with E-state index in [9.17, 15) is 4.79 Å². The van der Waals surface area contributed by atoms with Crippen molar-refractivity contribution < 1.29 is 4.79 Å². The van der Waals surface area contributed by atoms with Crippen molar-refractivity contribution in [3.63, 3.8) is 0 Å². The predicted molar refractivity (Wildman–Crippen MR) is 80.9 cm³/mol. The van der Waals surface area contributed by atoms with Crippen molar-refractivity contribution in [1.29, 1.82) is 0 Å². The number of carbonyl (C=O) groups is 1. The molecular formula is C14H13N5OS. The van der Waals surface area contributed by atoms with Gasteiger partial charge in [0.15, 0.2) is 0 Å². The molecule has 0 saturated carbocycles. The van der Waals surface area contributed by atoms with Crippen LogP contribution in [0, 0.1) is 13.8 Å². The fourth-order valence-corrected chi connectivity index (χ4v) is 2.98. The fraction of sp³-hybridized carbons (Fsp3) is 0.143. The first kappa shape index (κ1) is 13.4. The van der Waals surface area contributed by atoms with E-state index in [0.29, 0.717) is 11.3 Å². The normalized spacial score (nSPS) is 10.6. The summed E-state index contributed by atoms with van der Waals surface area (Å²) in [7, 11) is 0. The maximum absolute atomic E-state index is 12.3. The summed E-state index contributed by atoms with van der Waals surface area (Å²) in [5.74, 6) is -0.106. The topological polar surface area (TPSA) is 72.7 Å². The summed E-state index contributed by atoms with van der Waals surface area (Å²) in [5, 5.41) is 13.9. The van der Waals surface area contributed by atoms with Crippen LogP contribution in [0.2, 0.25) is 0 Å². The number of hydrogen-bond acceptors (Lipinski definition) is 5. The van der Waals surface area contributed by atoms with Crippen LogP contribution in [0.5, 0.6) is 0 Å². The predicted octanol–water partition coefficient (Wildman–Crippen LogP) is 2.59. The van der Waals surface area contributed by atoms with Crippen LogP contribution in [0.15, 0.2) is 36.7 Å². The molecule has 2 heterocycles. The number of rotatable bonds is 3. The summed E-state index contributed by atoms with van der Waals surface area (Å²) in [6.45, 7) is 3.94. The van der Waals surface area contributed by atoms with Crippen LogP contribution in [0.4, 0.5) is 5.69 Å². The van der Waals surface area contributed by atoms with E-state index >= 15 is 0 Å². The number of nitrogens with one attached hydrogen (secondary N) is 1. The van der Waals surface area contributed by atoms with Gasteiger partial charge in [-0.05, 0) is 48.5 Å². The highest BCUT2D eigenvalue weighted by atomic mass is 32.1. The minimum Gasteiger partial charge on any atom is -0.322 e. The molecule has 1 amide bonds. The summed E-state index contributed by atoms with van der Waals surface area (Å²) in [5.41, 5.74) is 2.21. The number of amides is 1. The number of hydrogen-bond donors (Lipinski definition) is 1.